The van der Waals surface area contributed by atoms with E-state index in [-0.39, 0.29) is 12.8 Å². The smallest absolute Gasteiger partial charge is 0.415 e. The van der Waals surface area contributed by atoms with Crippen LogP contribution in [0.2, 0.25) is 0 Å². The van der Waals surface area contributed by atoms with Crippen molar-refractivity contribution in [3.8, 4) is 0 Å². The minimum atomic E-state index is -9.25. The first-order valence-electron chi connectivity index (χ1n) is 14.7. The molecule has 23 heteroatoms. The minimum Gasteiger partial charge on any atom is -0.415 e. The Balaban J connectivity index is 5.82. The number of ether oxygens (including phenoxy) is 1. The van der Waals surface area contributed by atoms with E-state index in [2.05, 4.69) is 4.74 Å². The second-order valence-corrected chi connectivity index (χ2v) is 11.1. The lowest BCUT2D eigenvalue weighted by Gasteiger charge is -2.44. The first-order chi connectivity index (χ1) is 22.7. The highest BCUT2D eigenvalue weighted by Crippen LogP contribution is 2.66. The Labute approximate surface area is 276 Å². The van der Waals surface area contributed by atoms with E-state index in [4.69, 9.17) is 0 Å². The summed E-state index contributed by atoms with van der Waals surface area (Å²) in [6.45, 7) is 2.05. The Bertz CT molecular complexity index is 1150. The summed E-state index contributed by atoms with van der Waals surface area (Å²) in [5.41, 5.74) is 0. The Morgan fingerprint density at radius 3 is 1.18 bits per heavy atom. The second-order valence-electron chi connectivity index (χ2n) is 11.1. The molecule has 2 nitrogen and oxygen atoms in total. The van der Waals surface area contributed by atoms with E-state index >= 15 is 0 Å². The molecule has 0 spiro atoms. The number of esters is 1. The van der Waals surface area contributed by atoms with Crippen molar-refractivity contribution >= 4 is 5.97 Å². The molecule has 0 fully saturated rings. The van der Waals surface area contributed by atoms with Crippen LogP contribution in [0.15, 0.2) is 24.3 Å². The van der Waals surface area contributed by atoms with E-state index in [0.717, 1.165) is 25.7 Å². The molecule has 0 aromatic rings. The van der Waals surface area contributed by atoms with Crippen LogP contribution in [0.1, 0.15) is 84.0 Å². The molecular formula is C28H31F21O2. The quantitative estimate of drug-likeness (QED) is 0.0472. The lowest BCUT2D eigenvalue weighted by Crippen LogP contribution is -2.77. The van der Waals surface area contributed by atoms with Gasteiger partial charge in [-0.05, 0) is 38.5 Å². The number of alkyl halides is 21. The highest BCUT2D eigenvalue weighted by molar-refractivity contribution is 5.70. The molecule has 0 aliphatic heterocycles. The fourth-order valence-corrected chi connectivity index (χ4v) is 3.95. The zero-order valence-corrected chi connectivity index (χ0v) is 26.0. The molecule has 0 aromatic carbocycles. The first kappa shape index (κ1) is 48.5. The molecule has 0 saturated carbocycles. The van der Waals surface area contributed by atoms with E-state index in [1.165, 1.54) is 0 Å². The fraction of sp³-hybridized carbons (Fsp3) is 0.821. The number of halogens is 21. The molecule has 1 unspecified atom stereocenters. The van der Waals surface area contributed by atoms with Crippen molar-refractivity contribution in [3.05, 3.63) is 24.3 Å². The number of hydrogen-bond acceptors (Lipinski definition) is 2. The number of allylic oxidation sites excluding steroid dienone is 4. The highest BCUT2D eigenvalue weighted by Gasteiger charge is 2.98. The van der Waals surface area contributed by atoms with Gasteiger partial charge in [-0.1, -0.05) is 63.3 Å². The molecule has 302 valence electrons. The van der Waals surface area contributed by atoms with Crippen LogP contribution in [0, 0.1) is 0 Å². The SMILES string of the molecule is CCCCC/C=C\C/C=C\CCCCCCCC(=O)OC(F)(C(F)(F)F)C(F)(F)C(F)(F)C(F)(F)C(F)(F)C(F)(F)C(F)(F)C(F)(F)C(F)(F)F. The molecule has 0 heterocycles. The van der Waals surface area contributed by atoms with Crippen molar-refractivity contribution < 1.29 is 102 Å². The van der Waals surface area contributed by atoms with Crippen LogP contribution in [0.25, 0.3) is 0 Å². The summed E-state index contributed by atoms with van der Waals surface area (Å²) in [6, 6.07) is 0. The number of hydrogen-bond donors (Lipinski definition) is 0. The fourth-order valence-electron chi connectivity index (χ4n) is 3.95. The maximum atomic E-state index is 14.5. The summed E-state index contributed by atoms with van der Waals surface area (Å²) in [7, 11) is 0. The summed E-state index contributed by atoms with van der Waals surface area (Å²) < 4.78 is 285. The van der Waals surface area contributed by atoms with Crippen molar-refractivity contribution in [3.63, 3.8) is 0 Å². The monoisotopic (exact) mass is 798 g/mol. The molecule has 0 rings (SSSR count). The average molecular weight is 799 g/mol. The topological polar surface area (TPSA) is 26.3 Å². The largest absolute Gasteiger partial charge is 0.467 e. The predicted octanol–water partition coefficient (Wildman–Crippen LogP) is 12.6. The van der Waals surface area contributed by atoms with Gasteiger partial charge < -0.3 is 4.74 Å². The third kappa shape index (κ3) is 9.73. The zero-order valence-electron chi connectivity index (χ0n) is 26.0. The molecule has 1 atom stereocenters. The highest BCUT2D eigenvalue weighted by atomic mass is 19.4. The standard InChI is InChI=1S/C28H31F21O2/c1-2-3-4-5-6-7-8-9-10-11-12-13-14-15-16-17-18(50)51-26(43,28(47,48)49)24(39,40)22(35,36)20(31,32)19(29,30)21(33,34)23(37,38)25(41,42)27(44,45)46/h6-7,9-10H,2-5,8,11-17H2,1H3/b7-6-,10-9-. The molecule has 0 aliphatic rings. The summed E-state index contributed by atoms with van der Waals surface area (Å²) in [5, 5.41) is 0. The van der Waals surface area contributed by atoms with Crippen molar-refractivity contribution in [1.82, 2.24) is 0 Å². The van der Waals surface area contributed by atoms with E-state index < -0.39 is 78.5 Å². The molecule has 0 N–H and O–H groups in total. The van der Waals surface area contributed by atoms with Crippen LogP contribution < -0.4 is 0 Å². The van der Waals surface area contributed by atoms with Gasteiger partial charge in [-0.3, -0.25) is 4.79 Å². The van der Waals surface area contributed by atoms with Gasteiger partial charge in [0.05, 0.1) is 0 Å². The lowest BCUT2D eigenvalue weighted by molar-refractivity contribution is -0.484. The van der Waals surface area contributed by atoms with E-state index in [9.17, 15) is 97.0 Å². The number of unbranched alkanes of at least 4 members (excludes halogenated alkanes) is 8. The minimum absolute atomic E-state index is 0.153. The third-order valence-electron chi connectivity index (χ3n) is 7.08. The van der Waals surface area contributed by atoms with Crippen LogP contribution in [0.4, 0.5) is 92.2 Å². The Morgan fingerprint density at radius 2 is 0.784 bits per heavy atom. The van der Waals surface area contributed by atoms with Crippen LogP contribution in [-0.2, 0) is 9.53 Å². The van der Waals surface area contributed by atoms with Crippen molar-refractivity contribution in [2.75, 3.05) is 0 Å². The van der Waals surface area contributed by atoms with E-state index in [0.29, 0.717) is 25.7 Å². The van der Waals surface area contributed by atoms with Gasteiger partial charge in [0, 0.05) is 6.42 Å². The van der Waals surface area contributed by atoms with Crippen LogP contribution in [0.5, 0.6) is 0 Å². The molecule has 0 amide bonds. The van der Waals surface area contributed by atoms with Crippen LogP contribution >= 0.6 is 0 Å². The zero-order chi connectivity index (χ0) is 40.6. The molecule has 0 bridgehead atoms. The average Bonchev–Trinajstić information content (AvgIpc) is 2.97. The molecule has 0 radical (unpaired) electrons. The van der Waals surface area contributed by atoms with Crippen LogP contribution in [-0.4, -0.2) is 65.6 Å². The van der Waals surface area contributed by atoms with Gasteiger partial charge in [-0.15, -0.1) is 0 Å². The van der Waals surface area contributed by atoms with Gasteiger partial charge in [-0.25, -0.2) is 0 Å². The summed E-state index contributed by atoms with van der Waals surface area (Å²) in [6.07, 6.45) is -4.47. The summed E-state index contributed by atoms with van der Waals surface area (Å²) in [4.78, 5) is 11.7. The molecule has 0 aliphatic carbocycles. The first-order valence-corrected chi connectivity index (χ1v) is 14.7. The number of rotatable bonds is 22. The van der Waals surface area contributed by atoms with Gasteiger partial charge in [0.25, 0.3) is 0 Å². The summed E-state index contributed by atoms with van der Waals surface area (Å²) in [5.74, 6) is -73.5. The molecule has 0 saturated heterocycles. The van der Waals surface area contributed by atoms with Crippen LogP contribution in [0.3, 0.4) is 0 Å². The van der Waals surface area contributed by atoms with Gasteiger partial charge in [0.1, 0.15) is 0 Å². The Morgan fingerprint density at radius 1 is 0.431 bits per heavy atom. The Kier molecular flexibility index (Phi) is 16.2. The normalized spacial score (nSPS) is 16.3. The predicted molar refractivity (Wildman–Crippen MR) is 136 cm³/mol. The van der Waals surface area contributed by atoms with Crippen molar-refractivity contribution in [2.24, 2.45) is 0 Å². The summed E-state index contributed by atoms with van der Waals surface area (Å²) >= 11 is 0. The number of carbonyl (C=O) groups is 1. The van der Waals surface area contributed by atoms with Gasteiger partial charge in [0.15, 0.2) is 0 Å². The Hall–Kier alpha value is -2.52. The maximum Gasteiger partial charge on any atom is 0.467 e. The maximum absolute atomic E-state index is 14.5. The third-order valence-corrected chi connectivity index (χ3v) is 7.08. The molecule has 51 heavy (non-hydrogen) atoms. The van der Waals surface area contributed by atoms with Crippen molar-refractivity contribution in [1.29, 1.82) is 0 Å². The molecule has 0 aromatic heterocycles. The number of carbonyl (C=O) groups excluding carboxylic acids is 1. The van der Waals surface area contributed by atoms with E-state index in [1.54, 1.807) is 6.08 Å². The second kappa shape index (κ2) is 17.1. The van der Waals surface area contributed by atoms with E-state index in [1.807, 2.05) is 25.2 Å². The lowest BCUT2D eigenvalue weighted by atomic mass is 9.87. The molecular weight excluding hydrogens is 767 g/mol. The van der Waals surface area contributed by atoms with Gasteiger partial charge >= 0.3 is 65.6 Å². The van der Waals surface area contributed by atoms with Crippen molar-refractivity contribution in [2.45, 2.75) is 144 Å². The van der Waals surface area contributed by atoms with Gasteiger partial charge in [0.2, 0.25) is 0 Å². The van der Waals surface area contributed by atoms with Gasteiger partial charge in [-0.2, -0.15) is 92.2 Å².